The quantitative estimate of drug-likeness (QED) is 0.0344. The molecular formula is C25H22N6Na4O6S4. The topological polar surface area (TPSA) is 190 Å². The standard InChI is InChI=1S/C25H24N6O6S4.4Na/c1-2-13-38-24-27-23(28-25(29-24)39-14-4-15-40(32,33)34)26-18-9-11-19(12-10-18)30-31-20-8-7-17-5-3-6-22(21(17)16-20)41(35,36)37;;;;/h5-12,16H,1-2,4,13-15H2,(H,32,33,34)(H,35,36,37)(H,26,27,28,29);;;;/q-2;4*+1/p-2. The van der Waals surface area contributed by atoms with Crippen molar-refractivity contribution in [3.63, 3.8) is 0 Å². The summed E-state index contributed by atoms with van der Waals surface area (Å²) in [6, 6.07) is 17.0. The van der Waals surface area contributed by atoms with Crippen molar-refractivity contribution in [3.8, 4) is 0 Å². The first-order chi connectivity index (χ1) is 19.5. The van der Waals surface area contributed by atoms with E-state index in [1.807, 2.05) is 0 Å². The van der Waals surface area contributed by atoms with Crippen molar-refractivity contribution in [3.05, 3.63) is 67.6 Å². The number of thioether (sulfide) groups is 2. The molecule has 20 heteroatoms. The zero-order valence-electron chi connectivity index (χ0n) is 25.3. The maximum Gasteiger partial charge on any atom is 1.00 e. The van der Waals surface area contributed by atoms with E-state index >= 15 is 0 Å². The summed E-state index contributed by atoms with van der Waals surface area (Å²) in [6.07, 6.45) is 0.856. The smallest absolute Gasteiger partial charge is 0.754 e. The van der Waals surface area contributed by atoms with Crippen molar-refractivity contribution in [2.45, 2.75) is 28.0 Å². The Bertz CT molecular complexity index is 1790. The minimum atomic E-state index is -4.68. The van der Waals surface area contributed by atoms with Gasteiger partial charge in [0.25, 0.3) is 0 Å². The monoisotopic (exact) mass is 722 g/mol. The fourth-order valence-corrected chi connectivity index (χ4v) is 6.18. The molecule has 1 N–H and O–H groups in total. The van der Waals surface area contributed by atoms with E-state index in [-0.39, 0.29) is 141 Å². The number of hydrogen-bond acceptors (Lipinski definition) is 14. The summed E-state index contributed by atoms with van der Waals surface area (Å²) in [4.78, 5) is 12.8. The van der Waals surface area contributed by atoms with E-state index in [1.165, 1.54) is 29.6 Å². The number of anilines is 2. The molecule has 0 radical (unpaired) electrons. The van der Waals surface area contributed by atoms with E-state index in [0.29, 0.717) is 50.7 Å². The van der Waals surface area contributed by atoms with E-state index in [4.69, 9.17) is 0 Å². The van der Waals surface area contributed by atoms with Crippen LogP contribution in [-0.4, -0.2) is 58.2 Å². The van der Waals surface area contributed by atoms with Gasteiger partial charge in [0, 0.05) is 17.2 Å². The minimum Gasteiger partial charge on any atom is -0.754 e. The third-order valence-corrected chi connectivity index (χ3v) is 8.70. The largest absolute Gasteiger partial charge is 1.00 e. The van der Waals surface area contributed by atoms with Crippen molar-refractivity contribution in [1.29, 1.82) is 0 Å². The Hall–Kier alpha value is 0.850. The van der Waals surface area contributed by atoms with Crippen molar-refractivity contribution < 1.29 is 144 Å². The van der Waals surface area contributed by atoms with Gasteiger partial charge in [-0.2, -0.15) is 49.8 Å². The van der Waals surface area contributed by atoms with Gasteiger partial charge in [0.05, 0.1) is 31.6 Å². The molecule has 4 aromatic rings. The van der Waals surface area contributed by atoms with Crippen LogP contribution in [0, 0.1) is 13.0 Å². The number of nitrogens with one attached hydrogen (secondary N) is 1. The van der Waals surface area contributed by atoms with Crippen LogP contribution >= 0.6 is 23.5 Å². The van der Waals surface area contributed by atoms with Crippen LogP contribution < -0.4 is 124 Å². The molecule has 0 unspecified atom stereocenters. The number of aromatic nitrogens is 3. The number of azo groups is 1. The first kappa shape index (κ1) is 45.9. The minimum absolute atomic E-state index is 0. The average Bonchev–Trinajstić information content (AvgIpc) is 2.92. The van der Waals surface area contributed by atoms with Gasteiger partial charge in [-0.05, 0) is 53.5 Å². The van der Waals surface area contributed by atoms with Gasteiger partial charge < -0.3 is 21.3 Å². The molecular weight excluding hydrogens is 701 g/mol. The maximum atomic E-state index is 11.6. The van der Waals surface area contributed by atoms with Crippen LogP contribution in [0.5, 0.6) is 0 Å². The molecule has 0 saturated carbocycles. The van der Waals surface area contributed by atoms with Crippen LogP contribution in [0.15, 0.2) is 80.0 Å². The van der Waals surface area contributed by atoms with Crippen LogP contribution in [0.4, 0.5) is 23.0 Å². The maximum absolute atomic E-state index is 11.6. The van der Waals surface area contributed by atoms with Crippen LogP contribution in [0.1, 0.15) is 12.8 Å². The third-order valence-electron chi connectivity index (χ3n) is 5.17. The summed E-state index contributed by atoms with van der Waals surface area (Å²) in [6.45, 7) is 3.81. The van der Waals surface area contributed by atoms with Crippen molar-refractivity contribution in [2.75, 3.05) is 22.6 Å². The normalized spacial score (nSPS) is 11.2. The number of hydrogen-bond donors (Lipinski definition) is 1. The molecule has 0 amide bonds. The summed E-state index contributed by atoms with van der Waals surface area (Å²) < 4.78 is 67.3. The van der Waals surface area contributed by atoms with Gasteiger partial charge >= 0.3 is 118 Å². The summed E-state index contributed by atoms with van der Waals surface area (Å²) in [5.74, 6) is 0.891. The summed E-state index contributed by atoms with van der Waals surface area (Å²) in [5.41, 5.74) is 1.54. The number of fused-ring (bicyclic) bond motifs is 1. The second kappa shape index (κ2) is 21.8. The van der Waals surface area contributed by atoms with E-state index in [9.17, 15) is 25.9 Å². The van der Waals surface area contributed by atoms with Gasteiger partial charge in [-0.1, -0.05) is 23.5 Å². The molecule has 4 rings (SSSR count). The Morgan fingerprint density at radius 2 is 1.42 bits per heavy atom. The Balaban J connectivity index is 0.00000484. The third kappa shape index (κ3) is 15.5. The Kier molecular flexibility index (Phi) is 22.2. The zero-order valence-corrected chi connectivity index (χ0v) is 36.5. The van der Waals surface area contributed by atoms with Gasteiger partial charge in [0.15, 0.2) is 10.3 Å². The number of benzene rings is 3. The van der Waals surface area contributed by atoms with Crippen molar-refractivity contribution in [1.82, 2.24) is 15.0 Å². The van der Waals surface area contributed by atoms with E-state index in [0.717, 1.165) is 6.07 Å². The fourth-order valence-electron chi connectivity index (χ4n) is 3.38. The summed E-state index contributed by atoms with van der Waals surface area (Å²) in [7, 11) is -8.96. The Morgan fingerprint density at radius 3 is 2.02 bits per heavy atom. The molecule has 12 nitrogen and oxygen atoms in total. The molecule has 0 aliphatic rings. The predicted molar refractivity (Wildman–Crippen MR) is 155 cm³/mol. The molecule has 0 fully saturated rings. The van der Waals surface area contributed by atoms with Crippen molar-refractivity contribution >= 4 is 77.5 Å². The molecule has 45 heavy (non-hydrogen) atoms. The van der Waals surface area contributed by atoms with Gasteiger partial charge in [0.2, 0.25) is 5.95 Å². The molecule has 216 valence electrons. The molecule has 3 aromatic carbocycles. The van der Waals surface area contributed by atoms with E-state index in [1.54, 1.807) is 42.5 Å². The predicted octanol–water partition coefficient (Wildman–Crippen LogP) is -6.75. The SMILES string of the molecule is [CH2-]CCSc1nc(Nc2ccc(N=Nc3ccc4c[c-]cc(S(=O)(=O)[O-])c4c3)cc2)nc(SCCCS(=O)(=O)[O-])n1.[Na+].[Na+].[Na+].[Na+]. The van der Waals surface area contributed by atoms with Gasteiger partial charge in [0.1, 0.15) is 0 Å². The zero-order chi connectivity index (χ0) is 29.5. The molecule has 0 aliphatic heterocycles. The molecule has 0 saturated heterocycles. The number of nitrogens with zero attached hydrogens (tertiary/aromatic N) is 5. The summed E-state index contributed by atoms with van der Waals surface area (Å²) >= 11 is 2.64. The second-order valence-electron chi connectivity index (χ2n) is 8.31. The molecule has 1 aromatic heterocycles. The van der Waals surface area contributed by atoms with E-state index < -0.39 is 26.0 Å². The summed E-state index contributed by atoms with van der Waals surface area (Å²) in [5, 5.41) is 13.1. The van der Waals surface area contributed by atoms with Crippen LogP contribution in [0.3, 0.4) is 0 Å². The van der Waals surface area contributed by atoms with Gasteiger partial charge in [-0.15, -0.1) is 16.8 Å². The molecule has 0 bridgehead atoms. The first-order valence-electron chi connectivity index (χ1n) is 11.9. The van der Waals surface area contributed by atoms with Crippen LogP contribution in [0.2, 0.25) is 0 Å². The van der Waals surface area contributed by atoms with Crippen LogP contribution in [0.25, 0.3) is 10.8 Å². The first-order valence-corrected chi connectivity index (χ1v) is 16.9. The van der Waals surface area contributed by atoms with Gasteiger partial charge in [-0.25, -0.2) is 8.42 Å². The molecule has 0 aliphatic carbocycles. The van der Waals surface area contributed by atoms with E-state index in [2.05, 4.69) is 43.5 Å². The van der Waals surface area contributed by atoms with Crippen LogP contribution in [-0.2, 0) is 20.2 Å². The number of rotatable bonds is 13. The second-order valence-corrected chi connectivity index (χ2v) is 13.3. The Labute approximate surface area is 359 Å². The fraction of sp³-hybridized carbons (Fsp3) is 0.200. The average molecular weight is 723 g/mol. The molecule has 0 spiro atoms. The molecule has 0 atom stereocenters. The van der Waals surface area contributed by atoms with Crippen molar-refractivity contribution in [2.24, 2.45) is 10.2 Å². The van der Waals surface area contributed by atoms with Gasteiger partial charge in [-0.3, -0.25) is 8.42 Å². The Morgan fingerprint density at radius 1 is 0.822 bits per heavy atom. The molecule has 1 heterocycles.